The number of rotatable bonds is 9. The summed E-state index contributed by atoms with van der Waals surface area (Å²) in [4.78, 5) is 48.6. The van der Waals surface area contributed by atoms with E-state index in [0.717, 1.165) is 9.35 Å². The molecule has 0 aliphatic carbocycles. The number of aryl methyl sites for hydroxylation is 3. The summed E-state index contributed by atoms with van der Waals surface area (Å²) < 4.78 is 2.08. The first kappa shape index (κ1) is 24.2. The second-order valence-corrected chi connectivity index (χ2v) is 11.0. The molecule has 0 unspecified atom stereocenters. The van der Waals surface area contributed by atoms with Gasteiger partial charge in [0, 0.05) is 17.9 Å². The number of thioether (sulfide) groups is 2. The maximum atomic E-state index is 12.8. The maximum absolute atomic E-state index is 12.8. The van der Waals surface area contributed by atoms with Crippen LogP contribution in [0.4, 0.5) is 5.82 Å². The van der Waals surface area contributed by atoms with Gasteiger partial charge >= 0.3 is 11.8 Å². The summed E-state index contributed by atoms with van der Waals surface area (Å²) in [6.07, 6.45) is -0.0361. The molecule has 2 aliphatic heterocycles. The zero-order valence-electron chi connectivity index (χ0n) is 18.0. The van der Waals surface area contributed by atoms with Crippen LogP contribution in [0.15, 0.2) is 21.7 Å². The first-order chi connectivity index (χ1) is 16.2. The zero-order valence-corrected chi connectivity index (χ0v) is 20.4. The number of carbonyl (C=O) groups excluding carboxylic acids is 2. The van der Waals surface area contributed by atoms with E-state index in [9.17, 15) is 29.6 Å². The maximum Gasteiger partial charge on any atom is 0.390 e. The topological polar surface area (TPSA) is 173 Å². The van der Waals surface area contributed by atoms with Crippen LogP contribution < -0.4 is 5.32 Å². The van der Waals surface area contributed by atoms with Crippen LogP contribution in [-0.2, 0) is 20.9 Å². The highest BCUT2D eigenvalue weighted by Gasteiger charge is 2.54. The lowest BCUT2D eigenvalue weighted by atomic mass is 10.0. The Morgan fingerprint density at radius 1 is 1.38 bits per heavy atom. The van der Waals surface area contributed by atoms with Gasteiger partial charge in [-0.05, 0) is 24.3 Å². The molecule has 4 heterocycles. The van der Waals surface area contributed by atoms with Gasteiger partial charge in [0.1, 0.15) is 22.1 Å². The summed E-state index contributed by atoms with van der Waals surface area (Å²) in [6, 6.07) is 0.478. The molecule has 0 saturated carbocycles. The SMILES string of the molecule is Cc1nnc(SCC2=C(C(=O)O)N3C(=O)[C@@H](NC(=O)CCn4nc([N+](=O)[O-])cc4C)[C@@H]3SC2)s1. The van der Waals surface area contributed by atoms with Crippen molar-refractivity contribution in [2.24, 2.45) is 0 Å². The first-order valence-corrected chi connectivity index (χ1v) is 12.8. The highest BCUT2D eigenvalue weighted by molar-refractivity contribution is 8.01. The Bertz CT molecular complexity index is 1210. The zero-order chi connectivity index (χ0) is 24.6. The highest BCUT2D eigenvalue weighted by atomic mass is 32.2. The molecular formula is C18H19N7O6S3. The number of nitrogens with one attached hydrogen (secondary N) is 1. The molecule has 1 fully saturated rings. The van der Waals surface area contributed by atoms with Crippen molar-refractivity contribution < 1.29 is 24.4 Å². The third kappa shape index (κ3) is 4.78. The second-order valence-electron chi connectivity index (χ2n) is 7.46. The molecular weight excluding hydrogens is 506 g/mol. The molecule has 2 amide bonds. The van der Waals surface area contributed by atoms with Crippen molar-refractivity contribution in [3.8, 4) is 0 Å². The summed E-state index contributed by atoms with van der Waals surface area (Å²) >= 11 is 4.17. The van der Waals surface area contributed by atoms with Gasteiger partial charge in [-0.2, -0.15) is 4.68 Å². The van der Waals surface area contributed by atoms with Crippen molar-refractivity contribution in [3.63, 3.8) is 0 Å². The molecule has 2 aromatic rings. The van der Waals surface area contributed by atoms with Gasteiger partial charge in [0.25, 0.3) is 5.91 Å². The fourth-order valence-corrected chi connectivity index (χ4v) is 6.84. The van der Waals surface area contributed by atoms with Crippen molar-refractivity contribution in [1.29, 1.82) is 0 Å². The average molecular weight is 526 g/mol. The fraction of sp³-hybridized carbons (Fsp3) is 0.444. The fourth-order valence-electron chi connectivity index (χ4n) is 3.54. The Balaban J connectivity index is 1.37. The molecule has 0 spiro atoms. The summed E-state index contributed by atoms with van der Waals surface area (Å²) in [5.74, 6) is -1.63. The normalized spacial score (nSPS) is 19.6. The molecule has 0 aromatic carbocycles. The molecule has 2 atom stereocenters. The number of amides is 2. The number of β-lactam (4-membered cyclic amide) rings is 1. The Morgan fingerprint density at radius 2 is 2.15 bits per heavy atom. The molecule has 2 aliphatic rings. The van der Waals surface area contributed by atoms with E-state index < -0.39 is 34.1 Å². The van der Waals surface area contributed by atoms with E-state index in [4.69, 9.17) is 0 Å². The Morgan fingerprint density at radius 3 is 2.76 bits per heavy atom. The first-order valence-electron chi connectivity index (χ1n) is 9.96. The van der Waals surface area contributed by atoms with E-state index >= 15 is 0 Å². The number of aromatic nitrogens is 4. The Hall–Kier alpha value is -2.98. The summed E-state index contributed by atoms with van der Waals surface area (Å²) in [7, 11) is 0. The quantitative estimate of drug-likeness (QED) is 0.208. The van der Waals surface area contributed by atoms with E-state index in [0.29, 0.717) is 22.8 Å². The number of aliphatic carboxylic acids is 1. The minimum atomic E-state index is -1.19. The molecule has 180 valence electrons. The van der Waals surface area contributed by atoms with E-state index in [2.05, 4.69) is 20.6 Å². The van der Waals surface area contributed by atoms with Crippen LogP contribution in [0.5, 0.6) is 0 Å². The van der Waals surface area contributed by atoms with E-state index in [1.165, 1.54) is 50.5 Å². The average Bonchev–Trinajstić information content (AvgIpc) is 3.38. The Kier molecular flexibility index (Phi) is 6.90. The van der Waals surface area contributed by atoms with Gasteiger partial charge in [0.2, 0.25) is 5.91 Å². The van der Waals surface area contributed by atoms with Crippen LogP contribution in [0, 0.1) is 24.0 Å². The number of hydrogen-bond donors (Lipinski definition) is 2. The van der Waals surface area contributed by atoms with Crippen LogP contribution in [0.2, 0.25) is 0 Å². The lowest BCUT2D eigenvalue weighted by Crippen LogP contribution is -2.70. The molecule has 4 rings (SSSR count). The van der Waals surface area contributed by atoms with Crippen molar-refractivity contribution in [2.45, 2.75) is 42.6 Å². The number of carboxylic acids is 1. The van der Waals surface area contributed by atoms with E-state index in [1.54, 1.807) is 6.92 Å². The van der Waals surface area contributed by atoms with Gasteiger partial charge < -0.3 is 20.5 Å². The van der Waals surface area contributed by atoms with Gasteiger partial charge in [0.05, 0.1) is 23.4 Å². The molecule has 13 nitrogen and oxygen atoms in total. The number of carbonyl (C=O) groups is 3. The number of hydrogen-bond acceptors (Lipinski definition) is 11. The monoisotopic (exact) mass is 525 g/mol. The van der Waals surface area contributed by atoms with Crippen LogP contribution in [0.25, 0.3) is 0 Å². The summed E-state index contributed by atoms with van der Waals surface area (Å²) in [6.45, 7) is 3.59. The molecule has 2 N–H and O–H groups in total. The summed E-state index contributed by atoms with van der Waals surface area (Å²) in [5, 5.41) is 35.3. The van der Waals surface area contributed by atoms with Gasteiger partial charge in [0.15, 0.2) is 4.34 Å². The van der Waals surface area contributed by atoms with Crippen LogP contribution in [0.1, 0.15) is 17.1 Å². The predicted molar refractivity (Wildman–Crippen MR) is 123 cm³/mol. The van der Waals surface area contributed by atoms with Gasteiger partial charge in [-0.1, -0.05) is 23.1 Å². The number of nitrogens with zero attached hydrogens (tertiary/aromatic N) is 6. The van der Waals surface area contributed by atoms with E-state index in [-0.39, 0.29) is 24.5 Å². The standard InChI is InChI=1S/C18H19N7O6S3/c1-8-5-11(25(30)31)22-23(8)4-3-12(26)19-13-15(27)24-14(17(28)29)10(6-32-16(13)24)7-33-18-21-20-9(2)34-18/h5,13,16H,3-4,6-7H2,1-2H3,(H,19,26)(H,28,29)/t13-,16+/m1/s1. The van der Waals surface area contributed by atoms with Crippen LogP contribution >= 0.6 is 34.9 Å². The van der Waals surface area contributed by atoms with Crippen molar-refractivity contribution in [2.75, 3.05) is 11.5 Å². The number of nitro groups is 1. The lowest BCUT2D eigenvalue weighted by molar-refractivity contribution is -0.389. The van der Waals surface area contributed by atoms with Crippen molar-refractivity contribution in [3.05, 3.63) is 38.2 Å². The molecule has 34 heavy (non-hydrogen) atoms. The largest absolute Gasteiger partial charge is 0.477 e. The van der Waals surface area contributed by atoms with Gasteiger partial charge in [-0.3, -0.25) is 14.5 Å². The smallest absolute Gasteiger partial charge is 0.390 e. The summed E-state index contributed by atoms with van der Waals surface area (Å²) in [5.41, 5.74) is 1.10. The van der Waals surface area contributed by atoms with Crippen molar-refractivity contribution in [1.82, 2.24) is 30.2 Å². The lowest BCUT2D eigenvalue weighted by Gasteiger charge is -2.49. The third-order valence-corrected chi connectivity index (χ3v) is 8.55. The van der Waals surface area contributed by atoms with Crippen LogP contribution in [-0.4, -0.2) is 75.6 Å². The van der Waals surface area contributed by atoms with Gasteiger partial charge in [-0.15, -0.1) is 22.0 Å². The number of fused-ring (bicyclic) bond motifs is 1. The third-order valence-electron chi connectivity index (χ3n) is 5.15. The predicted octanol–water partition coefficient (Wildman–Crippen LogP) is 1.18. The molecule has 16 heteroatoms. The molecule has 0 radical (unpaired) electrons. The van der Waals surface area contributed by atoms with Crippen molar-refractivity contribution >= 4 is 58.5 Å². The minimum Gasteiger partial charge on any atom is -0.477 e. The molecule has 0 bridgehead atoms. The highest BCUT2D eigenvalue weighted by Crippen LogP contribution is 2.41. The second kappa shape index (κ2) is 9.71. The Labute approximate surface area is 205 Å². The number of carboxylic acid groups (broad SMARTS) is 1. The minimum absolute atomic E-state index is 0.0361. The van der Waals surface area contributed by atoms with E-state index in [1.807, 2.05) is 6.92 Å². The van der Waals surface area contributed by atoms with Crippen LogP contribution in [0.3, 0.4) is 0 Å². The molecule has 1 saturated heterocycles. The molecule has 2 aromatic heterocycles. The van der Waals surface area contributed by atoms with Gasteiger partial charge in [-0.25, -0.2) is 4.79 Å².